The first-order valence-electron chi connectivity index (χ1n) is 7.08. The van der Waals surface area contributed by atoms with E-state index in [1.165, 1.54) is 38.5 Å². The average molecular weight is 272 g/mol. The van der Waals surface area contributed by atoms with Crippen LogP contribution in [0.25, 0.3) is 0 Å². The molecular weight excluding hydrogens is 240 g/mol. The zero-order valence-corrected chi connectivity index (χ0v) is 12.4. The van der Waals surface area contributed by atoms with Crippen LogP contribution in [0.2, 0.25) is 0 Å². The molecule has 0 aromatic rings. The Balaban J connectivity index is 0. The molecule has 0 bridgehead atoms. The van der Waals surface area contributed by atoms with Crippen LogP contribution in [0, 0.1) is 11.8 Å². The minimum atomic E-state index is -0.661. The fourth-order valence-electron chi connectivity index (χ4n) is 2.60. The van der Waals surface area contributed by atoms with Gasteiger partial charge in [0.05, 0.1) is 0 Å². The smallest absolute Gasteiger partial charge is 0.303 e. The first-order chi connectivity index (χ1) is 8.20. The van der Waals surface area contributed by atoms with Crippen molar-refractivity contribution in [2.24, 2.45) is 11.8 Å². The van der Waals surface area contributed by atoms with Crippen LogP contribution in [0.5, 0.6) is 0 Å². The second kappa shape index (κ2) is 12.2. The first-order valence-corrected chi connectivity index (χ1v) is 7.08. The fourth-order valence-corrected chi connectivity index (χ4v) is 2.60. The molecule has 0 heterocycles. The molecule has 4 nitrogen and oxygen atoms in total. The summed E-state index contributed by atoms with van der Waals surface area (Å²) in [6.45, 7) is 2.36. The molecule has 1 aliphatic rings. The molecule has 7 N–H and O–H groups in total. The quantitative estimate of drug-likeness (QED) is 0.438. The van der Waals surface area contributed by atoms with Gasteiger partial charge in [-0.25, -0.2) is 0 Å². The number of carboxylic acids is 1. The molecule has 4 heteroatoms. The third kappa shape index (κ3) is 9.68. The summed E-state index contributed by atoms with van der Waals surface area (Å²) >= 11 is 0. The molecule has 1 aliphatic carbocycles. The van der Waals surface area contributed by atoms with Crippen LogP contribution < -0.4 is 12.3 Å². The summed E-state index contributed by atoms with van der Waals surface area (Å²) in [5, 5.41) is 8.51. The highest BCUT2D eigenvalue weighted by Crippen LogP contribution is 2.28. The Morgan fingerprint density at radius 2 is 1.79 bits per heavy atom. The van der Waals surface area contributed by atoms with Gasteiger partial charge in [0.25, 0.3) is 0 Å². The van der Waals surface area contributed by atoms with E-state index < -0.39 is 5.97 Å². The molecule has 19 heavy (non-hydrogen) atoms. The molecule has 0 aromatic heterocycles. The fraction of sp³-hybridized carbons (Fsp3) is 0.800. The summed E-state index contributed by atoms with van der Waals surface area (Å²) < 4.78 is 0. The number of hydrogen-bond donors (Lipinski definition) is 3. The monoisotopic (exact) mass is 272 g/mol. The Labute approximate surface area is 117 Å². The van der Waals surface area contributed by atoms with E-state index in [1.54, 1.807) is 0 Å². The SMILES string of the molecule is CC1CCC=CC1CCCCCCCC(=O)O.N.N. The van der Waals surface area contributed by atoms with Crippen molar-refractivity contribution in [3.05, 3.63) is 12.2 Å². The number of hydrogen-bond acceptors (Lipinski definition) is 3. The molecule has 0 aromatic carbocycles. The van der Waals surface area contributed by atoms with Crippen LogP contribution in [0.15, 0.2) is 12.2 Å². The van der Waals surface area contributed by atoms with Gasteiger partial charge in [0, 0.05) is 6.42 Å². The predicted molar refractivity (Wildman–Crippen MR) is 81.0 cm³/mol. The van der Waals surface area contributed by atoms with Gasteiger partial charge in [-0.05, 0) is 37.5 Å². The molecule has 2 atom stereocenters. The normalized spacial score (nSPS) is 21.3. The third-order valence-corrected chi connectivity index (χ3v) is 3.83. The van der Waals surface area contributed by atoms with Gasteiger partial charge in [-0.15, -0.1) is 0 Å². The Kier molecular flexibility index (Phi) is 13.1. The van der Waals surface area contributed by atoms with Gasteiger partial charge in [-0.1, -0.05) is 44.8 Å². The van der Waals surface area contributed by atoms with Gasteiger partial charge in [0.2, 0.25) is 0 Å². The van der Waals surface area contributed by atoms with E-state index in [1.807, 2.05) is 0 Å². The van der Waals surface area contributed by atoms with E-state index in [0.717, 1.165) is 24.7 Å². The van der Waals surface area contributed by atoms with Crippen molar-refractivity contribution in [1.29, 1.82) is 0 Å². The number of aliphatic carboxylic acids is 1. The molecule has 0 amide bonds. The zero-order chi connectivity index (χ0) is 12.5. The average Bonchev–Trinajstić information content (AvgIpc) is 2.30. The molecule has 114 valence electrons. The summed E-state index contributed by atoms with van der Waals surface area (Å²) in [5.41, 5.74) is 0. The summed E-state index contributed by atoms with van der Waals surface area (Å²) in [7, 11) is 0. The van der Waals surface area contributed by atoms with Gasteiger partial charge < -0.3 is 17.4 Å². The minimum absolute atomic E-state index is 0. The third-order valence-electron chi connectivity index (χ3n) is 3.83. The highest BCUT2D eigenvalue weighted by atomic mass is 16.4. The van der Waals surface area contributed by atoms with E-state index in [-0.39, 0.29) is 12.3 Å². The Morgan fingerprint density at radius 1 is 1.16 bits per heavy atom. The van der Waals surface area contributed by atoms with Crippen molar-refractivity contribution in [2.75, 3.05) is 0 Å². The standard InChI is InChI=1S/C15H26O2.2H3N/c1-13-9-7-8-11-14(13)10-5-3-2-4-6-12-15(16)17;;/h8,11,13-14H,2-7,9-10,12H2,1H3,(H,16,17);2*1H3. The van der Waals surface area contributed by atoms with Crippen molar-refractivity contribution < 1.29 is 9.90 Å². The van der Waals surface area contributed by atoms with Crippen molar-refractivity contribution >= 4 is 5.97 Å². The lowest BCUT2D eigenvalue weighted by Gasteiger charge is -2.23. The van der Waals surface area contributed by atoms with Crippen molar-refractivity contribution in [1.82, 2.24) is 12.3 Å². The first kappa shape index (κ1) is 20.4. The largest absolute Gasteiger partial charge is 0.481 e. The molecule has 2 unspecified atom stereocenters. The summed E-state index contributed by atoms with van der Waals surface area (Å²) in [4.78, 5) is 10.3. The number of unbranched alkanes of at least 4 members (excludes halogenated alkanes) is 4. The molecule has 1 rings (SSSR count). The lowest BCUT2D eigenvalue weighted by atomic mass is 9.82. The number of carboxylic acid groups (broad SMARTS) is 1. The zero-order valence-electron chi connectivity index (χ0n) is 12.4. The van der Waals surface area contributed by atoms with Crippen LogP contribution in [-0.4, -0.2) is 11.1 Å². The van der Waals surface area contributed by atoms with Gasteiger partial charge in [0.15, 0.2) is 0 Å². The van der Waals surface area contributed by atoms with Gasteiger partial charge >= 0.3 is 5.97 Å². The van der Waals surface area contributed by atoms with E-state index >= 15 is 0 Å². The maximum atomic E-state index is 10.3. The highest BCUT2D eigenvalue weighted by Gasteiger charge is 2.16. The number of rotatable bonds is 8. The van der Waals surface area contributed by atoms with Crippen molar-refractivity contribution in [2.45, 2.75) is 64.7 Å². The van der Waals surface area contributed by atoms with E-state index in [4.69, 9.17) is 5.11 Å². The van der Waals surface area contributed by atoms with E-state index in [9.17, 15) is 4.79 Å². The molecule has 0 aliphatic heterocycles. The minimum Gasteiger partial charge on any atom is -0.481 e. The van der Waals surface area contributed by atoms with Crippen LogP contribution in [-0.2, 0) is 4.79 Å². The Morgan fingerprint density at radius 3 is 2.42 bits per heavy atom. The second-order valence-electron chi connectivity index (χ2n) is 5.35. The molecule has 0 spiro atoms. The van der Waals surface area contributed by atoms with Gasteiger partial charge in [-0.2, -0.15) is 0 Å². The highest BCUT2D eigenvalue weighted by molar-refractivity contribution is 5.66. The maximum absolute atomic E-state index is 10.3. The van der Waals surface area contributed by atoms with Gasteiger partial charge in [0.1, 0.15) is 0 Å². The van der Waals surface area contributed by atoms with Gasteiger partial charge in [-0.3, -0.25) is 4.79 Å². The van der Waals surface area contributed by atoms with Crippen molar-refractivity contribution in [3.63, 3.8) is 0 Å². The summed E-state index contributed by atoms with van der Waals surface area (Å²) in [6, 6.07) is 0. The Bertz CT molecular complexity index is 255. The number of carbonyl (C=O) groups is 1. The van der Waals surface area contributed by atoms with Crippen LogP contribution >= 0.6 is 0 Å². The lowest BCUT2D eigenvalue weighted by Crippen LogP contribution is -2.12. The van der Waals surface area contributed by atoms with Crippen LogP contribution in [0.3, 0.4) is 0 Å². The molecular formula is C15H32N2O2. The van der Waals surface area contributed by atoms with E-state index in [0.29, 0.717) is 6.42 Å². The molecule has 0 radical (unpaired) electrons. The van der Waals surface area contributed by atoms with Crippen LogP contribution in [0.4, 0.5) is 0 Å². The summed E-state index contributed by atoms with van der Waals surface area (Å²) in [5.74, 6) is 0.987. The van der Waals surface area contributed by atoms with Crippen LogP contribution in [0.1, 0.15) is 64.7 Å². The van der Waals surface area contributed by atoms with E-state index in [2.05, 4.69) is 19.1 Å². The lowest BCUT2D eigenvalue weighted by molar-refractivity contribution is -0.137. The van der Waals surface area contributed by atoms with Crippen molar-refractivity contribution in [3.8, 4) is 0 Å². The molecule has 0 saturated heterocycles. The Hall–Kier alpha value is -0.870. The second-order valence-corrected chi connectivity index (χ2v) is 5.35. The molecule has 0 saturated carbocycles. The topological polar surface area (TPSA) is 107 Å². The predicted octanol–water partition coefficient (Wildman–Crippen LogP) is 4.73. The summed E-state index contributed by atoms with van der Waals surface area (Å²) in [6.07, 6.45) is 14.7. The molecule has 0 fully saturated rings. The maximum Gasteiger partial charge on any atom is 0.303 e. The number of allylic oxidation sites excluding steroid dienone is 2.